The van der Waals surface area contributed by atoms with Crippen molar-refractivity contribution in [3.05, 3.63) is 39.9 Å². The van der Waals surface area contributed by atoms with Gasteiger partial charge in [0.05, 0.1) is 4.92 Å². The van der Waals surface area contributed by atoms with Crippen LogP contribution in [-0.4, -0.2) is 22.4 Å². The fourth-order valence-corrected chi connectivity index (χ4v) is 1.71. The van der Waals surface area contributed by atoms with Crippen LogP contribution in [0.3, 0.4) is 0 Å². The van der Waals surface area contributed by atoms with Gasteiger partial charge in [-0.1, -0.05) is 0 Å². The summed E-state index contributed by atoms with van der Waals surface area (Å²) in [6, 6.07) is 4.80. The molecule has 21 heavy (non-hydrogen) atoms. The maximum Gasteiger partial charge on any atom is 0.506 e. The Balaban J connectivity index is 2.76. The molecule has 6 nitrogen and oxygen atoms in total. The summed E-state index contributed by atoms with van der Waals surface area (Å²) in [6.45, 7) is 0. The highest BCUT2D eigenvalue weighted by Gasteiger charge is 2.27. The lowest BCUT2D eigenvalue weighted by Crippen LogP contribution is -2.12. The average Bonchev–Trinajstić information content (AvgIpc) is 2.36. The third kappa shape index (κ3) is 6.11. The summed E-state index contributed by atoms with van der Waals surface area (Å²) in [5, 5.41) is 19.1. The van der Waals surface area contributed by atoms with E-state index >= 15 is 0 Å². The smallest absolute Gasteiger partial charge is 0.450 e. The van der Waals surface area contributed by atoms with Crippen LogP contribution >= 0.6 is 0 Å². The van der Waals surface area contributed by atoms with Crippen molar-refractivity contribution in [3.8, 4) is 0 Å². The molecule has 0 aliphatic heterocycles. The lowest BCUT2D eigenvalue weighted by atomic mass is 10.0. The average molecular weight is 307 g/mol. The van der Waals surface area contributed by atoms with Crippen molar-refractivity contribution in [2.24, 2.45) is 0 Å². The second kappa shape index (κ2) is 6.91. The van der Waals surface area contributed by atoms with Gasteiger partial charge in [0.1, 0.15) is 6.10 Å². The predicted molar refractivity (Wildman–Crippen MR) is 64.9 cm³/mol. The van der Waals surface area contributed by atoms with E-state index in [1.165, 1.54) is 12.1 Å². The lowest BCUT2D eigenvalue weighted by Gasteiger charge is -2.16. The van der Waals surface area contributed by atoms with Crippen molar-refractivity contribution in [2.45, 2.75) is 31.5 Å². The van der Waals surface area contributed by atoms with E-state index in [0.29, 0.717) is 0 Å². The van der Waals surface area contributed by atoms with Crippen LogP contribution in [0.1, 0.15) is 30.9 Å². The molecule has 0 aliphatic carbocycles. The first-order valence-corrected chi connectivity index (χ1v) is 5.90. The number of carbonyl (C=O) groups is 1. The fourth-order valence-electron chi connectivity index (χ4n) is 1.71. The zero-order valence-corrected chi connectivity index (χ0v) is 10.7. The van der Waals surface area contributed by atoms with Crippen LogP contribution in [0.4, 0.5) is 23.7 Å². The number of rotatable bonds is 6. The van der Waals surface area contributed by atoms with Crippen LogP contribution in [0.15, 0.2) is 24.3 Å². The minimum Gasteiger partial charge on any atom is -0.450 e. The van der Waals surface area contributed by atoms with Crippen LogP contribution in [-0.2, 0) is 4.74 Å². The van der Waals surface area contributed by atoms with Crippen molar-refractivity contribution in [1.29, 1.82) is 0 Å². The normalized spacial score (nSPS) is 12.7. The molecular formula is C12H12F3NO5. The summed E-state index contributed by atoms with van der Waals surface area (Å²) < 4.78 is 40.8. The van der Waals surface area contributed by atoms with Crippen LogP contribution in [0.2, 0.25) is 0 Å². The lowest BCUT2D eigenvalue weighted by molar-refractivity contribution is -0.384. The van der Waals surface area contributed by atoms with E-state index in [0.717, 1.165) is 12.1 Å². The molecule has 0 saturated carbocycles. The molecule has 0 fully saturated rings. The van der Waals surface area contributed by atoms with E-state index in [2.05, 4.69) is 4.74 Å². The molecular weight excluding hydrogens is 295 g/mol. The van der Waals surface area contributed by atoms with Crippen molar-refractivity contribution in [1.82, 2.24) is 0 Å². The van der Waals surface area contributed by atoms with Crippen molar-refractivity contribution in [3.63, 3.8) is 0 Å². The molecule has 0 amide bonds. The van der Waals surface area contributed by atoms with Crippen molar-refractivity contribution >= 4 is 11.8 Å². The Bertz CT molecular complexity index is 501. The number of hydrogen-bond donors (Lipinski definition) is 1. The first-order valence-electron chi connectivity index (χ1n) is 5.90. The molecule has 1 atom stereocenters. The number of alkyl halides is 3. The Kier molecular flexibility index (Phi) is 5.51. The summed E-state index contributed by atoms with van der Waals surface area (Å²) in [5.74, 6) is 0. The van der Waals surface area contributed by atoms with Gasteiger partial charge in [0.15, 0.2) is 0 Å². The zero-order valence-electron chi connectivity index (χ0n) is 10.7. The Morgan fingerprint density at radius 1 is 1.33 bits per heavy atom. The Morgan fingerprint density at radius 3 is 2.33 bits per heavy atom. The first-order chi connectivity index (χ1) is 9.69. The van der Waals surface area contributed by atoms with Gasteiger partial charge >= 0.3 is 12.3 Å². The molecule has 0 saturated heterocycles. The van der Waals surface area contributed by atoms with E-state index < -0.39 is 29.8 Å². The van der Waals surface area contributed by atoms with E-state index in [9.17, 15) is 28.1 Å². The van der Waals surface area contributed by atoms with Crippen LogP contribution in [0.5, 0.6) is 0 Å². The van der Waals surface area contributed by atoms with Gasteiger partial charge in [-0.2, -0.15) is 13.2 Å². The van der Waals surface area contributed by atoms with Gasteiger partial charge in [-0.3, -0.25) is 10.1 Å². The summed E-state index contributed by atoms with van der Waals surface area (Å²) in [7, 11) is 0. The van der Waals surface area contributed by atoms with Crippen molar-refractivity contribution < 1.29 is 32.7 Å². The minimum atomic E-state index is -4.33. The molecule has 1 aromatic carbocycles. The van der Waals surface area contributed by atoms with Gasteiger partial charge in [-0.05, 0) is 30.5 Å². The van der Waals surface area contributed by atoms with Crippen LogP contribution in [0.25, 0.3) is 0 Å². The molecule has 1 aromatic rings. The standard InChI is InChI=1S/C12H12F3NO5/c13-12(14,15)7-1-2-10(21-11(17)18)8-3-5-9(6-4-8)16(19)20/h3-6,10H,1-2,7H2,(H,17,18). The molecule has 0 radical (unpaired) electrons. The van der Waals surface area contributed by atoms with Gasteiger partial charge in [-0.25, -0.2) is 4.79 Å². The fraction of sp³-hybridized carbons (Fsp3) is 0.417. The van der Waals surface area contributed by atoms with Gasteiger partial charge in [0.2, 0.25) is 0 Å². The Labute approximate surface area is 117 Å². The maximum atomic E-state index is 12.1. The van der Waals surface area contributed by atoms with Crippen LogP contribution < -0.4 is 0 Å². The molecule has 1 rings (SSSR count). The number of hydrogen-bond acceptors (Lipinski definition) is 4. The highest BCUT2D eigenvalue weighted by Crippen LogP contribution is 2.29. The molecule has 116 valence electrons. The number of non-ortho nitro benzene ring substituents is 1. The van der Waals surface area contributed by atoms with E-state index in [4.69, 9.17) is 5.11 Å². The quantitative estimate of drug-likeness (QED) is 0.486. The Hall–Kier alpha value is -2.32. The second-order valence-electron chi connectivity index (χ2n) is 4.23. The molecule has 0 aromatic heterocycles. The summed E-state index contributed by atoms with van der Waals surface area (Å²) in [4.78, 5) is 20.4. The molecule has 1 N–H and O–H groups in total. The van der Waals surface area contributed by atoms with Crippen molar-refractivity contribution in [2.75, 3.05) is 0 Å². The zero-order chi connectivity index (χ0) is 16.0. The SMILES string of the molecule is O=C(O)OC(CCCC(F)(F)F)c1ccc([N+](=O)[O-])cc1. The first kappa shape index (κ1) is 16.7. The molecule has 0 aliphatic rings. The van der Waals surface area contributed by atoms with Gasteiger partial charge in [0.25, 0.3) is 5.69 Å². The third-order valence-electron chi connectivity index (χ3n) is 2.65. The van der Waals surface area contributed by atoms with E-state index in [1.807, 2.05) is 0 Å². The monoisotopic (exact) mass is 307 g/mol. The summed E-state index contributed by atoms with van der Waals surface area (Å²) in [6.07, 6.45) is -8.57. The van der Waals surface area contributed by atoms with E-state index in [1.54, 1.807) is 0 Å². The third-order valence-corrected chi connectivity index (χ3v) is 2.65. The summed E-state index contributed by atoms with van der Waals surface area (Å²) in [5.41, 5.74) is 0.0632. The number of carboxylic acid groups (broad SMARTS) is 1. The highest BCUT2D eigenvalue weighted by molar-refractivity contribution is 5.57. The molecule has 1 unspecified atom stereocenters. The second-order valence-corrected chi connectivity index (χ2v) is 4.23. The molecule has 0 bridgehead atoms. The number of nitrogens with zero attached hydrogens (tertiary/aromatic N) is 1. The Morgan fingerprint density at radius 2 is 1.90 bits per heavy atom. The predicted octanol–water partition coefficient (Wildman–Crippen LogP) is 4.06. The molecule has 0 spiro atoms. The number of nitro benzene ring substituents is 1. The van der Waals surface area contributed by atoms with Crippen LogP contribution in [0, 0.1) is 10.1 Å². The summed E-state index contributed by atoms with van der Waals surface area (Å²) >= 11 is 0. The highest BCUT2D eigenvalue weighted by atomic mass is 19.4. The van der Waals surface area contributed by atoms with Gasteiger partial charge in [-0.15, -0.1) is 0 Å². The number of nitro groups is 1. The molecule has 0 heterocycles. The minimum absolute atomic E-state index is 0.163. The largest absolute Gasteiger partial charge is 0.506 e. The van der Waals surface area contributed by atoms with E-state index in [-0.39, 0.29) is 24.1 Å². The molecule has 9 heteroatoms. The maximum absolute atomic E-state index is 12.1. The number of benzene rings is 1. The topological polar surface area (TPSA) is 89.7 Å². The number of ether oxygens (including phenoxy) is 1. The van der Waals surface area contributed by atoms with Gasteiger partial charge in [0, 0.05) is 18.6 Å². The number of halogens is 3. The van der Waals surface area contributed by atoms with Gasteiger partial charge < -0.3 is 9.84 Å².